The Morgan fingerprint density at radius 1 is 1.37 bits per heavy atom. The molecule has 7 nitrogen and oxygen atoms in total. The summed E-state index contributed by atoms with van der Waals surface area (Å²) in [5, 5.41) is 19.3. The molecule has 2 aliphatic rings. The van der Waals surface area contributed by atoms with Crippen molar-refractivity contribution in [1.29, 1.82) is 5.26 Å². The minimum atomic E-state index is -4.53. The van der Waals surface area contributed by atoms with Crippen LogP contribution in [-0.2, 0) is 6.18 Å². The minimum absolute atomic E-state index is 0.0347. The van der Waals surface area contributed by atoms with Gasteiger partial charge in [-0.3, -0.25) is 4.68 Å². The molecule has 2 N–H and O–H groups in total. The van der Waals surface area contributed by atoms with Crippen molar-refractivity contribution in [2.75, 3.05) is 17.2 Å². The minimum Gasteiger partial charge on any atom is -0.370 e. The van der Waals surface area contributed by atoms with E-state index in [4.69, 9.17) is 5.26 Å². The van der Waals surface area contributed by atoms with Crippen LogP contribution >= 0.6 is 0 Å². The fraction of sp³-hybridized carbons (Fsp3) is 0.529. The van der Waals surface area contributed by atoms with Gasteiger partial charge in [-0.25, -0.2) is 4.98 Å². The summed E-state index contributed by atoms with van der Waals surface area (Å²) in [5.41, 5.74) is 0.637. The molecule has 2 unspecified atom stereocenters. The van der Waals surface area contributed by atoms with Crippen LogP contribution in [-0.4, -0.2) is 26.3 Å². The summed E-state index contributed by atoms with van der Waals surface area (Å²) in [4.78, 5) is 7.84. The Balaban J connectivity index is 1.62. The summed E-state index contributed by atoms with van der Waals surface area (Å²) < 4.78 is 41.1. The fourth-order valence-corrected chi connectivity index (χ4v) is 3.01. The highest BCUT2D eigenvalue weighted by Gasteiger charge is 2.41. The van der Waals surface area contributed by atoms with Crippen LogP contribution in [0.1, 0.15) is 49.4 Å². The lowest BCUT2D eigenvalue weighted by molar-refractivity contribution is -0.137. The molecule has 2 saturated carbocycles. The summed E-state index contributed by atoms with van der Waals surface area (Å²) in [7, 11) is 0. The normalized spacial score (nSPS) is 21.6. The van der Waals surface area contributed by atoms with Crippen molar-refractivity contribution < 1.29 is 13.2 Å². The second-order valence-corrected chi connectivity index (χ2v) is 6.83. The van der Waals surface area contributed by atoms with Crippen LogP contribution in [0.15, 0.2) is 12.4 Å². The summed E-state index contributed by atoms with van der Waals surface area (Å²) in [6.07, 6.45) is 0.856. The molecule has 2 aromatic heterocycles. The number of hydrogen-bond acceptors (Lipinski definition) is 6. The lowest BCUT2D eigenvalue weighted by Gasteiger charge is -2.13. The first kappa shape index (κ1) is 17.6. The van der Waals surface area contributed by atoms with Gasteiger partial charge in [-0.1, -0.05) is 0 Å². The lowest BCUT2D eigenvalue weighted by Crippen LogP contribution is -2.14. The van der Waals surface area contributed by atoms with E-state index in [1.54, 1.807) is 17.8 Å². The van der Waals surface area contributed by atoms with Crippen molar-refractivity contribution in [2.24, 2.45) is 5.92 Å². The molecule has 2 heterocycles. The van der Waals surface area contributed by atoms with Crippen molar-refractivity contribution in [3.8, 4) is 6.07 Å². The average Bonchev–Trinajstić information content (AvgIpc) is 3.53. The third-order valence-corrected chi connectivity index (χ3v) is 4.67. The molecule has 142 valence electrons. The Labute approximate surface area is 153 Å². The maximum Gasteiger partial charge on any atom is 0.421 e. The number of halogens is 3. The van der Waals surface area contributed by atoms with E-state index >= 15 is 0 Å². The van der Waals surface area contributed by atoms with E-state index in [1.165, 1.54) is 0 Å². The van der Waals surface area contributed by atoms with Crippen LogP contribution in [0.4, 0.5) is 30.6 Å². The number of hydrogen-bond donors (Lipinski definition) is 2. The van der Waals surface area contributed by atoms with Crippen molar-refractivity contribution in [3.05, 3.63) is 23.7 Å². The maximum atomic E-state index is 13.1. The molecule has 2 aliphatic carbocycles. The van der Waals surface area contributed by atoms with Crippen LogP contribution in [0.25, 0.3) is 0 Å². The Hall–Kier alpha value is -2.83. The van der Waals surface area contributed by atoms with E-state index in [-0.39, 0.29) is 23.7 Å². The predicted octanol–water partition coefficient (Wildman–Crippen LogP) is 3.83. The van der Waals surface area contributed by atoms with E-state index < -0.39 is 11.7 Å². The number of rotatable bonds is 6. The molecular weight excluding hydrogens is 359 g/mol. The second kappa shape index (κ2) is 6.40. The first-order chi connectivity index (χ1) is 12.9. The van der Waals surface area contributed by atoms with Crippen LogP contribution in [0.5, 0.6) is 0 Å². The summed E-state index contributed by atoms with van der Waals surface area (Å²) in [6, 6.07) is 2.30. The monoisotopic (exact) mass is 377 g/mol. The van der Waals surface area contributed by atoms with Gasteiger partial charge in [-0.2, -0.15) is 28.5 Å². The van der Waals surface area contributed by atoms with Crippen molar-refractivity contribution in [2.45, 2.75) is 44.3 Å². The number of nitrogens with one attached hydrogen (secondary N) is 2. The quantitative estimate of drug-likeness (QED) is 0.795. The van der Waals surface area contributed by atoms with Gasteiger partial charge in [0.15, 0.2) is 0 Å². The van der Waals surface area contributed by atoms with Crippen molar-refractivity contribution in [1.82, 2.24) is 19.7 Å². The summed E-state index contributed by atoms with van der Waals surface area (Å²) in [6.45, 7) is 2.01. The van der Waals surface area contributed by atoms with Gasteiger partial charge in [0.25, 0.3) is 0 Å². The molecule has 0 saturated heterocycles. The van der Waals surface area contributed by atoms with Crippen LogP contribution in [0, 0.1) is 17.2 Å². The molecule has 0 aliphatic heterocycles. The highest BCUT2D eigenvalue weighted by atomic mass is 19.4. The van der Waals surface area contributed by atoms with Gasteiger partial charge in [-0.05, 0) is 26.2 Å². The Morgan fingerprint density at radius 2 is 2.15 bits per heavy atom. The Kier molecular flexibility index (Phi) is 4.17. The zero-order chi connectivity index (χ0) is 19.2. The first-order valence-corrected chi connectivity index (χ1v) is 8.84. The Bertz CT molecular complexity index is 895. The van der Waals surface area contributed by atoms with Gasteiger partial charge >= 0.3 is 6.18 Å². The zero-order valence-corrected chi connectivity index (χ0v) is 14.6. The average molecular weight is 377 g/mol. The van der Waals surface area contributed by atoms with E-state index in [1.807, 2.05) is 0 Å². The predicted molar refractivity (Wildman–Crippen MR) is 91.4 cm³/mol. The molecule has 4 rings (SSSR count). The number of nitriles is 1. The van der Waals surface area contributed by atoms with E-state index in [2.05, 4.69) is 31.8 Å². The molecule has 2 atom stereocenters. The van der Waals surface area contributed by atoms with Gasteiger partial charge in [0.2, 0.25) is 5.95 Å². The standard InChI is InChI=1S/C17H18F3N7/c1-2-22-15-11(17(18,19)20)7-23-16(25-15)24-12-8-27(13-5-10(13)6-21)26-14(12)9-3-4-9/h7-10,13H,2-5H2,1H3,(H2,22,23,24,25). The van der Waals surface area contributed by atoms with Crippen molar-refractivity contribution >= 4 is 17.5 Å². The molecule has 0 radical (unpaired) electrons. The fourth-order valence-electron chi connectivity index (χ4n) is 3.01. The molecule has 27 heavy (non-hydrogen) atoms. The summed E-state index contributed by atoms with van der Waals surface area (Å²) in [5.74, 6) is 0.117. The van der Waals surface area contributed by atoms with E-state index in [0.29, 0.717) is 18.2 Å². The number of aromatic nitrogens is 4. The smallest absolute Gasteiger partial charge is 0.370 e. The first-order valence-electron chi connectivity index (χ1n) is 8.84. The molecule has 2 aromatic rings. The molecule has 0 amide bonds. The van der Waals surface area contributed by atoms with Gasteiger partial charge < -0.3 is 10.6 Å². The van der Waals surface area contributed by atoms with E-state index in [0.717, 1.165) is 31.2 Å². The second-order valence-electron chi connectivity index (χ2n) is 6.83. The highest BCUT2D eigenvalue weighted by Crippen LogP contribution is 2.47. The van der Waals surface area contributed by atoms with Crippen molar-refractivity contribution in [3.63, 3.8) is 0 Å². The van der Waals surface area contributed by atoms with Crippen LogP contribution in [0.2, 0.25) is 0 Å². The number of anilines is 3. The van der Waals surface area contributed by atoms with Gasteiger partial charge in [-0.15, -0.1) is 0 Å². The SMILES string of the molecule is CCNc1nc(Nc2cn(C3CC3C#N)nc2C2CC2)ncc1C(F)(F)F. The summed E-state index contributed by atoms with van der Waals surface area (Å²) >= 11 is 0. The maximum absolute atomic E-state index is 13.1. The van der Waals surface area contributed by atoms with Gasteiger partial charge in [0, 0.05) is 24.9 Å². The van der Waals surface area contributed by atoms with Crippen LogP contribution in [0.3, 0.4) is 0 Å². The van der Waals surface area contributed by atoms with Gasteiger partial charge in [0.1, 0.15) is 11.4 Å². The number of nitrogens with zero attached hydrogens (tertiary/aromatic N) is 5. The molecule has 0 bridgehead atoms. The largest absolute Gasteiger partial charge is 0.421 e. The molecule has 10 heteroatoms. The van der Waals surface area contributed by atoms with Crippen LogP contribution < -0.4 is 10.6 Å². The topological polar surface area (TPSA) is 91.5 Å². The molecule has 0 spiro atoms. The Morgan fingerprint density at radius 3 is 2.74 bits per heavy atom. The molecule has 2 fully saturated rings. The lowest BCUT2D eigenvalue weighted by atomic mass is 10.2. The number of alkyl halides is 3. The molecular formula is C17H18F3N7. The third-order valence-electron chi connectivity index (χ3n) is 4.67. The molecule has 0 aromatic carbocycles. The third kappa shape index (κ3) is 3.54. The highest BCUT2D eigenvalue weighted by molar-refractivity contribution is 5.59. The van der Waals surface area contributed by atoms with E-state index in [9.17, 15) is 13.2 Å². The zero-order valence-electron chi connectivity index (χ0n) is 14.6. The van der Waals surface area contributed by atoms with Gasteiger partial charge in [0.05, 0.1) is 29.4 Å².